The summed E-state index contributed by atoms with van der Waals surface area (Å²) < 4.78 is 14.8. The SMILES string of the molecule is C1CCOC1.C1CCOC1.C1CCOC1.c1ccc2cc3cc4c(cc3cc2c1)C1c2cc3cc5ccccc5cc3cc2C4c2cc3cc4ccccc4cc3cc21. The van der Waals surface area contributed by atoms with Gasteiger partial charge in [0.1, 0.15) is 0 Å². The number of fused-ring (bicyclic) bond motifs is 6. The van der Waals surface area contributed by atoms with Gasteiger partial charge < -0.3 is 14.2 Å². The fourth-order valence-electron chi connectivity index (χ4n) is 10.1. The van der Waals surface area contributed by atoms with Gasteiger partial charge in [0, 0.05) is 51.5 Å². The zero-order valence-corrected chi connectivity index (χ0v) is 33.7. The molecule has 0 spiro atoms. The maximum atomic E-state index is 4.94. The normalized spacial score (nSPS) is 18.5. The third-order valence-corrected chi connectivity index (χ3v) is 13.1. The van der Waals surface area contributed by atoms with Crippen molar-refractivity contribution in [3.63, 3.8) is 0 Å². The first kappa shape index (κ1) is 36.5. The highest BCUT2D eigenvalue weighted by molar-refractivity contribution is 6.03. The molecule has 9 aromatic carbocycles. The Morgan fingerprint density at radius 1 is 0.237 bits per heavy atom. The van der Waals surface area contributed by atoms with Crippen LogP contribution in [0.25, 0.3) is 64.6 Å². The molecule has 3 aliphatic heterocycles. The van der Waals surface area contributed by atoms with E-state index in [9.17, 15) is 0 Å². The van der Waals surface area contributed by atoms with Crippen LogP contribution < -0.4 is 0 Å². The van der Waals surface area contributed by atoms with E-state index in [2.05, 4.69) is 146 Å². The molecule has 3 heterocycles. The van der Waals surface area contributed by atoms with Crippen LogP contribution in [-0.4, -0.2) is 39.6 Å². The Morgan fingerprint density at radius 3 is 0.576 bits per heavy atom. The molecule has 292 valence electrons. The lowest BCUT2D eigenvalue weighted by atomic mass is 9.60. The van der Waals surface area contributed by atoms with E-state index in [1.165, 1.54) is 137 Å². The van der Waals surface area contributed by atoms with Gasteiger partial charge in [0.05, 0.1) is 0 Å². The maximum Gasteiger partial charge on any atom is 0.0466 e. The topological polar surface area (TPSA) is 27.7 Å². The lowest BCUT2D eigenvalue weighted by molar-refractivity contribution is 0.198. The van der Waals surface area contributed by atoms with E-state index in [-0.39, 0.29) is 11.8 Å². The van der Waals surface area contributed by atoms with E-state index in [4.69, 9.17) is 14.2 Å². The van der Waals surface area contributed by atoms with Gasteiger partial charge in [-0.05, 0) is 209 Å². The molecular formula is C56H50O3. The molecule has 3 fully saturated rings. The summed E-state index contributed by atoms with van der Waals surface area (Å²) in [5, 5.41) is 15.8. The van der Waals surface area contributed by atoms with Crippen molar-refractivity contribution in [1.82, 2.24) is 0 Å². The second-order valence-corrected chi connectivity index (χ2v) is 16.9. The molecule has 0 radical (unpaired) electrons. The van der Waals surface area contributed by atoms with Crippen LogP contribution >= 0.6 is 0 Å². The van der Waals surface area contributed by atoms with Crippen LogP contribution in [0.4, 0.5) is 0 Å². The fourth-order valence-corrected chi connectivity index (χ4v) is 10.1. The Balaban J connectivity index is 0.000000223. The molecule has 0 atom stereocenters. The minimum absolute atomic E-state index is 0.211. The summed E-state index contributed by atoms with van der Waals surface area (Å²) in [5.74, 6) is 0.422. The molecule has 6 aliphatic rings. The van der Waals surface area contributed by atoms with E-state index >= 15 is 0 Å². The zero-order valence-electron chi connectivity index (χ0n) is 33.7. The van der Waals surface area contributed by atoms with Crippen LogP contribution in [0, 0.1) is 0 Å². The average Bonchev–Trinajstić information content (AvgIpc) is 4.13. The summed E-state index contributed by atoms with van der Waals surface area (Å²) in [4.78, 5) is 0. The summed E-state index contributed by atoms with van der Waals surface area (Å²) in [7, 11) is 0. The molecule has 15 rings (SSSR count). The second-order valence-electron chi connectivity index (χ2n) is 16.9. The maximum absolute atomic E-state index is 4.94. The van der Waals surface area contributed by atoms with Crippen molar-refractivity contribution in [3.8, 4) is 0 Å². The van der Waals surface area contributed by atoms with Gasteiger partial charge in [0.2, 0.25) is 0 Å². The van der Waals surface area contributed by atoms with Gasteiger partial charge in [-0.25, -0.2) is 0 Å². The minimum atomic E-state index is 0.211. The predicted molar refractivity (Wildman–Crippen MR) is 246 cm³/mol. The summed E-state index contributed by atoms with van der Waals surface area (Å²) >= 11 is 0. The van der Waals surface area contributed by atoms with Gasteiger partial charge in [-0.1, -0.05) is 72.8 Å². The van der Waals surface area contributed by atoms with Crippen molar-refractivity contribution < 1.29 is 14.2 Å². The number of ether oxygens (including phenoxy) is 3. The lowest BCUT2D eigenvalue weighted by Crippen LogP contribution is -2.27. The molecule has 3 nitrogen and oxygen atoms in total. The molecule has 0 aromatic heterocycles. The highest BCUT2D eigenvalue weighted by Gasteiger charge is 2.42. The number of hydrogen-bond acceptors (Lipinski definition) is 3. The molecule has 3 heteroatoms. The Labute approximate surface area is 346 Å². The van der Waals surface area contributed by atoms with Gasteiger partial charge in [0.15, 0.2) is 0 Å². The molecule has 59 heavy (non-hydrogen) atoms. The minimum Gasteiger partial charge on any atom is -0.381 e. The molecule has 9 aromatic rings. The predicted octanol–water partition coefficient (Wildman–Crippen LogP) is 14.0. The van der Waals surface area contributed by atoms with Gasteiger partial charge in [-0.3, -0.25) is 0 Å². The van der Waals surface area contributed by atoms with Gasteiger partial charge in [0.25, 0.3) is 0 Å². The number of rotatable bonds is 0. The van der Waals surface area contributed by atoms with Gasteiger partial charge in [-0.15, -0.1) is 0 Å². The van der Waals surface area contributed by atoms with Crippen LogP contribution in [-0.2, 0) is 14.2 Å². The summed E-state index contributed by atoms with van der Waals surface area (Å²) in [6.07, 6.45) is 7.67. The van der Waals surface area contributed by atoms with Crippen molar-refractivity contribution in [1.29, 1.82) is 0 Å². The summed E-state index contributed by atoms with van der Waals surface area (Å²) in [5.41, 5.74) is 8.82. The van der Waals surface area contributed by atoms with Crippen LogP contribution in [0.2, 0.25) is 0 Å². The zero-order chi connectivity index (χ0) is 39.1. The standard InChI is InChI=1S/C44H26.3C4H8O/c1-2-8-26-14-32-20-38-37(19-31(32)13-25(26)7-1)43-39-21-33-15-27-9-3-5-11-29(27)17-35(33)23-41(39)44(38)42-24-36-18-30-12-6-4-10-28(30)16-34(36)22-40(42)43;3*1-2-4-5-3-1/h1-24,43-44H;3*1-4H2. The van der Waals surface area contributed by atoms with Crippen LogP contribution in [0.15, 0.2) is 146 Å². The van der Waals surface area contributed by atoms with Crippen molar-refractivity contribution in [2.45, 2.75) is 50.4 Å². The van der Waals surface area contributed by atoms with Crippen LogP contribution in [0.5, 0.6) is 0 Å². The van der Waals surface area contributed by atoms with Crippen LogP contribution in [0.1, 0.15) is 83.7 Å². The van der Waals surface area contributed by atoms with Gasteiger partial charge in [-0.2, -0.15) is 0 Å². The summed E-state index contributed by atoms with van der Waals surface area (Å²) in [6, 6.07) is 55.6. The second kappa shape index (κ2) is 15.9. The summed E-state index contributed by atoms with van der Waals surface area (Å²) in [6.45, 7) is 6.00. The molecule has 0 amide bonds. The first-order valence-electron chi connectivity index (χ1n) is 21.9. The largest absolute Gasteiger partial charge is 0.381 e. The van der Waals surface area contributed by atoms with Gasteiger partial charge >= 0.3 is 0 Å². The molecule has 0 saturated carbocycles. The Kier molecular flexibility index (Phi) is 9.82. The van der Waals surface area contributed by atoms with Crippen LogP contribution in [0.3, 0.4) is 0 Å². The van der Waals surface area contributed by atoms with Crippen molar-refractivity contribution in [2.75, 3.05) is 39.6 Å². The van der Waals surface area contributed by atoms with E-state index in [0.717, 1.165) is 39.6 Å². The Morgan fingerprint density at radius 2 is 0.424 bits per heavy atom. The number of benzene rings is 9. The van der Waals surface area contributed by atoms with Crippen molar-refractivity contribution in [2.24, 2.45) is 0 Å². The van der Waals surface area contributed by atoms with E-state index < -0.39 is 0 Å². The van der Waals surface area contributed by atoms with Crippen molar-refractivity contribution >= 4 is 64.6 Å². The van der Waals surface area contributed by atoms with E-state index in [1.807, 2.05) is 0 Å². The number of hydrogen-bond donors (Lipinski definition) is 0. The van der Waals surface area contributed by atoms with E-state index in [0.29, 0.717) is 0 Å². The Hall–Kier alpha value is -5.58. The quantitative estimate of drug-likeness (QED) is 0.144. The third kappa shape index (κ3) is 6.96. The lowest BCUT2D eigenvalue weighted by Gasteiger charge is -2.43. The molecule has 3 aliphatic carbocycles. The smallest absolute Gasteiger partial charge is 0.0466 e. The average molecular weight is 771 g/mol. The Bertz CT molecular complexity index is 2470. The fraction of sp³-hybridized carbons (Fsp3) is 0.250. The highest BCUT2D eigenvalue weighted by Crippen LogP contribution is 2.58. The molecule has 0 unspecified atom stereocenters. The molecule has 0 N–H and O–H groups in total. The first-order valence-corrected chi connectivity index (χ1v) is 21.9. The third-order valence-electron chi connectivity index (χ3n) is 13.1. The molecule has 3 saturated heterocycles. The first-order chi connectivity index (χ1) is 29.2. The monoisotopic (exact) mass is 770 g/mol. The van der Waals surface area contributed by atoms with Crippen molar-refractivity contribution in [3.05, 3.63) is 179 Å². The van der Waals surface area contributed by atoms with E-state index in [1.54, 1.807) is 0 Å². The molecular weight excluding hydrogens is 721 g/mol. The highest BCUT2D eigenvalue weighted by atomic mass is 16.5. The molecule has 2 bridgehead atoms.